The van der Waals surface area contributed by atoms with Crippen LogP contribution in [0.25, 0.3) is 0 Å². The van der Waals surface area contributed by atoms with Gasteiger partial charge in [-0.2, -0.15) is 0 Å². The lowest BCUT2D eigenvalue weighted by Crippen LogP contribution is -2.32. The standard InChI is InChI=1S/C7H15NO2S/c1-2-8-11(9,10)7-5-3-4-6-7/h7-8H,2-6H2,1H3. The van der Waals surface area contributed by atoms with E-state index in [-0.39, 0.29) is 5.25 Å². The van der Waals surface area contributed by atoms with Gasteiger partial charge in [0.2, 0.25) is 10.0 Å². The Labute approximate surface area is 68.2 Å². The predicted octanol–water partition coefficient (Wildman–Crippen LogP) is 0.868. The minimum Gasteiger partial charge on any atom is -0.215 e. The molecule has 3 nitrogen and oxygen atoms in total. The summed E-state index contributed by atoms with van der Waals surface area (Å²) in [5.41, 5.74) is 0. The van der Waals surface area contributed by atoms with Gasteiger partial charge in [-0.15, -0.1) is 0 Å². The zero-order chi connectivity index (χ0) is 8.32. The molecule has 0 radical (unpaired) electrons. The highest BCUT2D eigenvalue weighted by Gasteiger charge is 2.27. The van der Waals surface area contributed by atoms with E-state index in [1.807, 2.05) is 6.92 Å². The Balaban J connectivity index is 2.56. The van der Waals surface area contributed by atoms with Crippen molar-refractivity contribution in [2.45, 2.75) is 37.9 Å². The lowest BCUT2D eigenvalue weighted by molar-refractivity contribution is 0.567. The normalized spacial score (nSPS) is 20.8. The Morgan fingerprint density at radius 2 is 1.91 bits per heavy atom. The number of nitrogens with one attached hydrogen (secondary N) is 1. The van der Waals surface area contributed by atoms with Crippen molar-refractivity contribution < 1.29 is 8.42 Å². The van der Waals surface area contributed by atoms with Crippen LogP contribution in [0, 0.1) is 0 Å². The third kappa shape index (κ3) is 2.17. The zero-order valence-corrected chi connectivity index (χ0v) is 7.65. The van der Waals surface area contributed by atoms with E-state index in [1.54, 1.807) is 0 Å². The largest absolute Gasteiger partial charge is 0.215 e. The van der Waals surface area contributed by atoms with Crippen molar-refractivity contribution in [3.05, 3.63) is 0 Å². The van der Waals surface area contributed by atoms with Crippen LogP contribution in [0.4, 0.5) is 0 Å². The molecule has 1 aliphatic carbocycles. The van der Waals surface area contributed by atoms with E-state index in [0.717, 1.165) is 25.7 Å². The summed E-state index contributed by atoms with van der Waals surface area (Å²) in [5, 5.41) is -0.109. The smallest absolute Gasteiger partial charge is 0.214 e. The summed E-state index contributed by atoms with van der Waals surface area (Å²) in [7, 11) is -2.96. The molecule has 66 valence electrons. The molecule has 4 heteroatoms. The molecule has 1 rings (SSSR count). The molecular formula is C7H15NO2S. The Kier molecular flexibility index (Phi) is 2.90. The first kappa shape index (κ1) is 9.00. The highest BCUT2D eigenvalue weighted by atomic mass is 32.2. The molecule has 11 heavy (non-hydrogen) atoms. The van der Waals surface area contributed by atoms with E-state index in [0.29, 0.717) is 6.54 Å². The minimum atomic E-state index is -2.96. The quantitative estimate of drug-likeness (QED) is 0.695. The van der Waals surface area contributed by atoms with Gasteiger partial charge in [-0.3, -0.25) is 0 Å². The fraction of sp³-hybridized carbons (Fsp3) is 1.00. The summed E-state index contributed by atoms with van der Waals surface area (Å²) in [6.07, 6.45) is 3.81. The molecule has 0 bridgehead atoms. The number of hydrogen-bond donors (Lipinski definition) is 1. The van der Waals surface area contributed by atoms with E-state index in [4.69, 9.17) is 0 Å². The van der Waals surface area contributed by atoms with E-state index in [9.17, 15) is 8.42 Å². The van der Waals surface area contributed by atoms with Gasteiger partial charge in [0.05, 0.1) is 5.25 Å². The van der Waals surface area contributed by atoms with Crippen LogP contribution in [0.2, 0.25) is 0 Å². The molecule has 0 aromatic heterocycles. The van der Waals surface area contributed by atoms with Gasteiger partial charge in [0.1, 0.15) is 0 Å². The van der Waals surface area contributed by atoms with E-state index in [1.165, 1.54) is 0 Å². The van der Waals surface area contributed by atoms with Crippen LogP contribution in [0.1, 0.15) is 32.6 Å². The third-order valence-corrected chi connectivity index (χ3v) is 4.13. The van der Waals surface area contributed by atoms with Gasteiger partial charge in [0, 0.05) is 6.54 Å². The maximum absolute atomic E-state index is 11.3. The van der Waals surface area contributed by atoms with Crippen LogP contribution < -0.4 is 4.72 Å². The second-order valence-electron chi connectivity index (χ2n) is 2.95. The maximum Gasteiger partial charge on any atom is 0.214 e. The van der Waals surface area contributed by atoms with Crippen molar-refractivity contribution in [1.82, 2.24) is 4.72 Å². The third-order valence-electron chi connectivity index (χ3n) is 2.09. The monoisotopic (exact) mass is 177 g/mol. The Hall–Kier alpha value is -0.0900. The van der Waals surface area contributed by atoms with Crippen LogP contribution in [0.15, 0.2) is 0 Å². The summed E-state index contributed by atoms with van der Waals surface area (Å²) >= 11 is 0. The average Bonchev–Trinajstić information content (AvgIpc) is 2.37. The topological polar surface area (TPSA) is 46.2 Å². The van der Waals surface area contributed by atoms with Crippen LogP contribution in [0.3, 0.4) is 0 Å². The summed E-state index contributed by atoms with van der Waals surface area (Å²) in [5.74, 6) is 0. The molecule has 0 saturated heterocycles. The van der Waals surface area contributed by atoms with E-state index in [2.05, 4.69) is 4.72 Å². The highest BCUT2D eigenvalue weighted by molar-refractivity contribution is 7.90. The van der Waals surface area contributed by atoms with Gasteiger partial charge in [-0.05, 0) is 12.8 Å². The molecule has 0 aromatic carbocycles. The molecular weight excluding hydrogens is 162 g/mol. The Morgan fingerprint density at radius 1 is 1.36 bits per heavy atom. The molecule has 1 fully saturated rings. The van der Waals surface area contributed by atoms with Crippen LogP contribution >= 0.6 is 0 Å². The van der Waals surface area contributed by atoms with Gasteiger partial charge < -0.3 is 0 Å². The molecule has 0 heterocycles. The number of hydrogen-bond acceptors (Lipinski definition) is 2. The maximum atomic E-state index is 11.3. The van der Waals surface area contributed by atoms with E-state index < -0.39 is 10.0 Å². The lowest BCUT2D eigenvalue weighted by atomic mass is 10.4. The van der Waals surface area contributed by atoms with Gasteiger partial charge >= 0.3 is 0 Å². The first-order valence-corrected chi connectivity index (χ1v) is 5.70. The molecule has 0 unspecified atom stereocenters. The van der Waals surface area contributed by atoms with Crippen molar-refractivity contribution in [3.8, 4) is 0 Å². The molecule has 1 aliphatic rings. The van der Waals surface area contributed by atoms with Crippen molar-refractivity contribution >= 4 is 10.0 Å². The minimum absolute atomic E-state index is 0.109. The average molecular weight is 177 g/mol. The molecule has 0 amide bonds. The zero-order valence-electron chi connectivity index (χ0n) is 6.84. The summed E-state index contributed by atoms with van der Waals surface area (Å²) < 4.78 is 25.2. The lowest BCUT2D eigenvalue weighted by Gasteiger charge is -2.09. The van der Waals surface area contributed by atoms with Crippen molar-refractivity contribution in [1.29, 1.82) is 0 Å². The second kappa shape index (κ2) is 3.54. The first-order chi connectivity index (χ1) is 5.17. The number of rotatable bonds is 3. The van der Waals surface area contributed by atoms with Gasteiger partial charge in [-0.1, -0.05) is 19.8 Å². The molecule has 1 N–H and O–H groups in total. The second-order valence-corrected chi connectivity index (χ2v) is 4.99. The molecule has 1 saturated carbocycles. The SMILES string of the molecule is CCNS(=O)(=O)C1CCCC1. The first-order valence-electron chi connectivity index (χ1n) is 4.15. The molecule has 0 spiro atoms. The molecule has 0 aliphatic heterocycles. The van der Waals surface area contributed by atoms with Crippen molar-refractivity contribution in [3.63, 3.8) is 0 Å². The molecule has 0 atom stereocenters. The Bertz CT molecular complexity index is 204. The number of sulfonamides is 1. The summed E-state index contributed by atoms with van der Waals surface area (Å²) in [6.45, 7) is 2.32. The highest BCUT2D eigenvalue weighted by Crippen LogP contribution is 2.23. The van der Waals surface area contributed by atoms with Crippen LogP contribution in [0.5, 0.6) is 0 Å². The van der Waals surface area contributed by atoms with Crippen LogP contribution in [-0.4, -0.2) is 20.2 Å². The predicted molar refractivity (Wildman–Crippen MR) is 44.9 cm³/mol. The fourth-order valence-corrected chi connectivity index (χ4v) is 3.11. The van der Waals surface area contributed by atoms with Crippen molar-refractivity contribution in [2.75, 3.05) is 6.54 Å². The van der Waals surface area contributed by atoms with Gasteiger partial charge in [0.25, 0.3) is 0 Å². The van der Waals surface area contributed by atoms with Crippen molar-refractivity contribution in [2.24, 2.45) is 0 Å². The Morgan fingerprint density at radius 3 is 2.36 bits per heavy atom. The summed E-state index contributed by atoms with van der Waals surface area (Å²) in [4.78, 5) is 0. The van der Waals surface area contributed by atoms with E-state index >= 15 is 0 Å². The van der Waals surface area contributed by atoms with Gasteiger partial charge in [-0.25, -0.2) is 13.1 Å². The molecule has 0 aromatic rings. The summed E-state index contributed by atoms with van der Waals surface area (Å²) in [6, 6.07) is 0. The van der Waals surface area contributed by atoms with Gasteiger partial charge in [0.15, 0.2) is 0 Å². The fourth-order valence-electron chi connectivity index (χ4n) is 1.52. The van der Waals surface area contributed by atoms with Crippen LogP contribution in [-0.2, 0) is 10.0 Å².